The molecule has 0 saturated carbocycles. The van der Waals surface area contributed by atoms with Gasteiger partial charge in [0.15, 0.2) is 0 Å². The van der Waals surface area contributed by atoms with Crippen LogP contribution in [0.5, 0.6) is 5.75 Å². The molecule has 2 aromatic rings. The molecule has 0 amide bonds. The number of ether oxygens (including phenoxy) is 1. The fourth-order valence-electron chi connectivity index (χ4n) is 1.58. The topological polar surface area (TPSA) is 22.1 Å². The quantitative estimate of drug-likeness (QED) is 0.810. The number of rotatable bonds is 3. The number of aromatic nitrogens is 1. The minimum Gasteiger partial charge on any atom is -0.435 e. The Morgan fingerprint density at radius 2 is 1.82 bits per heavy atom. The molecular formula is C13H11F2NO. The molecule has 1 heterocycles. The zero-order chi connectivity index (χ0) is 12.3. The van der Waals surface area contributed by atoms with Gasteiger partial charge in [-0.05, 0) is 42.8 Å². The number of aryl methyl sites for hydroxylation is 1. The van der Waals surface area contributed by atoms with Gasteiger partial charge in [0.05, 0.1) is 5.69 Å². The van der Waals surface area contributed by atoms with Crippen molar-refractivity contribution in [3.05, 3.63) is 48.2 Å². The van der Waals surface area contributed by atoms with Crippen molar-refractivity contribution in [3.63, 3.8) is 0 Å². The zero-order valence-electron chi connectivity index (χ0n) is 9.23. The van der Waals surface area contributed by atoms with Crippen molar-refractivity contribution in [1.29, 1.82) is 0 Å². The van der Waals surface area contributed by atoms with Crippen molar-refractivity contribution in [2.24, 2.45) is 0 Å². The van der Waals surface area contributed by atoms with E-state index in [1.165, 1.54) is 12.1 Å². The van der Waals surface area contributed by atoms with E-state index in [4.69, 9.17) is 0 Å². The van der Waals surface area contributed by atoms with E-state index in [2.05, 4.69) is 9.72 Å². The molecule has 1 aromatic heterocycles. The molecule has 0 N–H and O–H groups in total. The van der Waals surface area contributed by atoms with Crippen LogP contribution < -0.4 is 4.74 Å². The molecule has 2 rings (SSSR count). The van der Waals surface area contributed by atoms with Crippen LogP contribution in [0.25, 0.3) is 11.3 Å². The van der Waals surface area contributed by atoms with E-state index < -0.39 is 6.61 Å². The average molecular weight is 235 g/mol. The van der Waals surface area contributed by atoms with Crippen LogP contribution in [-0.4, -0.2) is 11.6 Å². The molecule has 0 unspecified atom stereocenters. The summed E-state index contributed by atoms with van der Waals surface area (Å²) in [5.41, 5.74) is 2.76. The first kappa shape index (κ1) is 11.5. The Kier molecular flexibility index (Phi) is 3.32. The summed E-state index contributed by atoms with van der Waals surface area (Å²) in [5.74, 6) is 0.150. The molecule has 0 radical (unpaired) electrons. The fraction of sp³-hybridized carbons (Fsp3) is 0.154. The maximum atomic E-state index is 12.0. The van der Waals surface area contributed by atoms with Gasteiger partial charge in [-0.15, -0.1) is 0 Å². The molecule has 1 aromatic carbocycles. The van der Waals surface area contributed by atoms with Gasteiger partial charge in [-0.1, -0.05) is 6.07 Å². The SMILES string of the molecule is Cc1cccnc1-c1ccc(OC(F)F)cc1. The molecule has 0 bridgehead atoms. The molecule has 4 heteroatoms. The van der Waals surface area contributed by atoms with Crippen LogP contribution in [0, 0.1) is 6.92 Å². The van der Waals surface area contributed by atoms with Gasteiger partial charge in [-0.25, -0.2) is 0 Å². The summed E-state index contributed by atoms with van der Waals surface area (Å²) in [6, 6.07) is 10.3. The van der Waals surface area contributed by atoms with Crippen LogP contribution in [-0.2, 0) is 0 Å². The summed E-state index contributed by atoms with van der Waals surface area (Å²) in [4.78, 5) is 4.25. The van der Waals surface area contributed by atoms with Crippen molar-refractivity contribution in [1.82, 2.24) is 4.98 Å². The number of nitrogens with zero attached hydrogens (tertiary/aromatic N) is 1. The molecule has 0 aliphatic carbocycles. The third kappa shape index (κ3) is 2.78. The molecule has 0 spiro atoms. The van der Waals surface area contributed by atoms with E-state index in [0.717, 1.165) is 16.8 Å². The molecule has 88 valence electrons. The molecular weight excluding hydrogens is 224 g/mol. The van der Waals surface area contributed by atoms with E-state index in [-0.39, 0.29) is 5.75 Å². The Bertz CT molecular complexity index is 497. The van der Waals surface area contributed by atoms with Crippen LogP contribution in [0.15, 0.2) is 42.6 Å². The second-order valence-corrected chi connectivity index (χ2v) is 3.57. The van der Waals surface area contributed by atoms with Crippen LogP contribution in [0.4, 0.5) is 8.78 Å². The first-order valence-electron chi connectivity index (χ1n) is 5.13. The molecule has 0 saturated heterocycles. The minimum absolute atomic E-state index is 0.150. The van der Waals surface area contributed by atoms with E-state index in [1.54, 1.807) is 18.3 Å². The van der Waals surface area contributed by atoms with Crippen molar-refractivity contribution >= 4 is 0 Å². The van der Waals surface area contributed by atoms with Crippen LogP contribution in [0.1, 0.15) is 5.56 Å². The monoisotopic (exact) mass is 235 g/mol. The van der Waals surface area contributed by atoms with E-state index >= 15 is 0 Å². The first-order chi connectivity index (χ1) is 8.16. The highest BCUT2D eigenvalue weighted by molar-refractivity contribution is 5.63. The predicted octanol–water partition coefficient (Wildman–Crippen LogP) is 3.66. The van der Waals surface area contributed by atoms with Gasteiger partial charge < -0.3 is 4.74 Å². The second kappa shape index (κ2) is 4.91. The highest BCUT2D eigenvalue weighted by Crippen LogP contribution is 2.23. The number of benzene rings is 1. The second-order valence-electron chi connectivity index (χ2n) is 3.57. The first-order valence-corrected chi connectivity index (χ1v) is 5.13. The van der Waals surface area contributed by atoms with Gasteiger partial charge in [-0.3, -0.25) is 4.98 Å². The lowest BCUT2D eigenvalue weighted by atomic mass is 10.1. The average Bonchev–Trinajstić information content (AvgIpc) is 2.30. The number of hydrogen-bond donors (Lipinski definition) is 0. The van der Waals surface area contributed by atoms with Gasteiger partial charge in [-0.2, -0.15) is 8.78 Å². The van der Waals surface area contributed by atoms with Gasteiger partial charge in [0.1, 0.15) is 5.75 Å². The maximum Gasteiger partial charge on any atom is 0.387 e. The summed E-state index contributed by atoms with van der Waals surface area (Å²) in [6.07, 6.45) is 1.70. The molecule has 0 aliphatic heterocycles. The smallest absolute Gasteiger partial charge is 0.387 e. The van der Waals surface area contributed by atoms with Crippen molar-refractivity contribution in [3.8, 4) is 17.0 Å². The van der Waals surface area contributed by atoms with Gasteiger partial charge >= 0.3 is 6.61 Å². The summed E-state index contributed by atoms with van der Waals surface area (Å²) >= 11 is 0. The van der Waals surface area contributed by atoms with Gasteiger partial charge in [0, 0.05) is 11.8 Å². The Balaban J connectivity index is 2.27. The van der Waals surface area contributed by atoms with E-state index in [1.807, 2.05) is 19.1 Å². The van der Waals surface area contributed by atoms with Crippen molar-refractivity contribution in [2.45, 2.75) is 13.5 Å². The summed E-state index contributed by atoms with van der Waals surface area (Å²) < 4.78 is 28.2. The lowest BCUT2D eigenvalue weighted by Gasteiger charge is -2.07. The molecule has 2 nitrogen and oxygen atoms in total. The lowest BCUT2D eigenvalue weighted by Crippen LogP contribution is -2.01. The largest absolute Gasteiger partial charge is 0.435 e. The van der Waals surface area contributed by atoms with Crippen LogP contribution in [0.2, 0.25) is 0 Å². The number of halogens is 2. The molecule has 0 fully saturated rings. The van der Waals surface area contributed by atoms with E-state index in [0.29, 0.717) is 0 Å². The summed E-state index contributed by atoms with van der Waals surface area (Å²) in [5, 5.41) is 0. The van der Waals surface area contributed by atoms with Crippen molar-refractivity contribution in [2.75, 3.05) is 0 Å². The standard InChI is InChI=1S/C13H11F2NO/c1-9-3-2-8-16-12(9)10-4-6-11(7-5-10)17-13(14)15/h2-8,13H,1H3. The Hall–Kier alpha value is -1.97. The minimum atomic E-state index is -2.79. The Morgan fingerprint density at radius 1 is 1.12 bits per heavy atom. The highest BCUT2D eigenvalue weighted by atomic mass is 19.3. The normalized spacial score (nSPS) is 10.6. The Labute approximate surface area is 97.9 Å². The molecule has 17 heavy (non-hydrogen) atoms. The van der Waals surface area contributed by atoms with Crippen LogP contribution >= 0.6 is 0 Å². The Morgan fingerprint density at radius 3 is 2.41 bits per heavy atom. The number of alkyl halides is 2. The molecule has 0 aliphatic rings. The number of pyridine rings is 1. The third-order valence-electron chi connectivity index (χ3n) is 2.36. The maximum absolute atomic E-state index is 12.0. The lowest BCUT2D eigenvalue weighted by molar-refractivity contribution is -0.0498. The zero-order valence-corrected chi connectivity index (χ0v) is 9.23. The van der Waals surface area contributed by atoms with E-state index in [9.17, 15) is 8.78 Å². The van der Waals surface area contributed by atoms with Gasteiger partial charge in [0.2, 0.25) is 0 Å². The third-order valence-corrected chi connectivity index (χ3v) is 2.36. The highest BCUT2D eigenvalue weighted by Gasteiger charge is 2.06. The summed E-state index contributed by atoms with van der Waals surface area (Å²) in [6.45, 7) is -0.844. The number of hydrogen-bond acceptors (Lipinski definition) is 2. The predicted molar refractivity (Wildman–Crippen MR) is 61.0 cm³/mol. The fourth-order valence-corrected chi connectivity index (χ4v) is 1.58. The molecule has 0 atom stereocenters. The van der Waals surface area contributed by atoms with Crippen molar-refractivity contribution < 1.29 is 13.5 Å². The van der Waals surface area contributed by atoms with Crippen LogP contribution in [0.3, 0.4) is 0 Å². The van der Waals surface area contributed by atoms with Gasteiger partial charge in [0.25, 0.3) is 0 Å². The summed E-state index contributed by atoms with van der Waals surface area (Å²) in [7, 11) is 0.